The fourth-order valence-electron chi connectivity index (χ4n) is 4.01. The van der Waals surface area contributed by atoms with Crippen LogP contribution in [0.2, 0.25) is 0 Å². The van der Waals surface area contributed by atoms with Gasteiger partial charge >= 0.3 is 0 Å². The van der Waals surface area contributed by atoms with E-state index in [1.165, 1.54) is 0 Å². The molecule has 0 aromatic rings. The SMILES string of the molecule is O=C([C@H]1C[C@@H]2CCN(S(=O)(=O)C3CC3)C[C@H]2O1)N1CCCC1. The van der Waals surface area contributed by atoms with Crippen LogP contribution in [0, 0.1) is 5.92 Å². The van der Waals surface area contributed by atoms with Crippen LogP contribution in [0.5, 0.6) is 0 Å². The Morgan fingerprint density at radius 1 is 1.05 bits per heavy atom. The standard InChI is InChI=1S/C15H24N2O4S/c18-15(16-6-1-2-7-16)13-9-11-5-8-17(10-14(11)21-13)22(19,20)12-3-4-12/h11-14H,1-10H2/t11-,13+,14+/m0/s1. The molecule has 0 spiro atoms. The predicted octanol–water partition coefficient (Wildman–Crippen LogP) is 0.580. The highest BCUT2D eigenvalue weighted by Crippen LogP contribution is 2.38. The van der Waals surface area contributed by atoms with Gasteiger partial charge in [0.25, 0.3) is 5.91 Å². The lowest BCUT2D eigenvalue weighted by molar-refractivity contribution is -0.142. The summed E-state index contributed by atoms with van der Waals surface area (Å²) in [5.41, 5.74) is 0. The Labute approximate surface area is 131 Å². The van der Waals surface area contributed by atoms with Crippen LogP contribution in [0.3, 0.4) is 0 Å². The molecular formula is C15H24N2O4S. The Balaban J connectivity index is 1.40. The summed E-state index contributed by atoms with van der Waals surface area (Å²) >= 11 is 0. The van der Waals surface area contributed by atoms with Crippen LogP contribution < -0.4 is 0 Å². The predicted molar refractivity (Wildman–Crippen MR) is 80.7 cm³/mol. The van der Waals surface area contributed by atoms with E-state index in [4.69, 9.17) is 4.74 Å². The maximum Gasteiger partial charge on any atom is 0.251 e. The van der Waals surface area contributed by atoms with Crippen molar-refractivity contribution < 1.29 is 17.9 Å². The average Bonchev–Trinajstić information content (AvgIpc) is 3.08. The number of amides is 1. The Bertz CT molecular complexity index is 554. The Hall–Kier alpha value is -0.660. The number of ether oxygens (including phenoxy) is 1. The molecule has 1 saturated carbocycles. The van der Waals surface area contributed by atoms with E-state index in [-0.39, 0.29) is 23.4 Å². The fourth-order valence-corrected chi connectivity index (χ4v) is 5.88. The number of rotatable bonds is 3. The van der Waals surface area contributed by atoms with Crippen molar-refractivity contribution in [1.82, 2.24) is 9.21 Å². The molecule has 6 nitrogen and oxygen atoms in total. The maximum atomic E-state index is 12.5. The van der Waals surface area contributed by atoms with Crippen LogP contribution in [0.1, 0.15) is 38.5 Å². The molecule has 0 aromatic heterocycles. The van der Waals surface area contributed by atoms with Gasteiger partial charge in [0, 0.05) is 26.2 Å². The highest BCUT2D eigenvalue weighted by Gasteiger charge is 2.48. The molecule has 3 atom stereocenters. The molecule has 3 saturated heterocycles. The molecule has 0 N–H and O–H groups in total. The molecule has 4 aliphatic rings. The van der Waals surface area contributed by atoms with Crippen molar-refractivity contribution in [2.75, 3.05) is 26.2 Å². The molecule has 0 aromatic carbocycles. The number of nitrogens with zero attached hydrogens (tertiary/aromatic N) is 2. The number of hydrogen-bond acceptors (Lipinski definition) is 4. The van der Waals surface area contributed by atoms with Gasteiger partial charge < -0.3 is 9.64 Å². The van der Waals surface area contributed by atoms with Crippen LogP contribution in [0.4, 0.5) is 0 Å². The summed E-state index contributed by atoms with van der Waals surface area (Å²) < 4.78 is 32.3. The molecule has 4 rings (SSSR count). The van der Waals surface area contributed by atoms with E-state index in [0.717, 1.165) is 51.6 Å². The van der Waals surface area contributed by atoms with Gasteiger partial charge in [-0.3, -0.25) is 4.79 Å². The molecule has 1 aliphatic carbocycles. The van der Waals surface area contributed by atoms with Gasteiger partial charge in [0.1, 0.15) is 6.10 Å². The summed E-state index contributed by atoms with van der Waals surface area (Å²) in [5, 5.41) is -0.160. The molecule has 1 amide bonds. The van der Waals surface area contributed by atoms with Crippen LogP contribution in [-0.4, -0.2) is 67.2 Å². The lowest BCUT2D eigenvalue weighted by Crippen LogP contribution is -2.46. The fraction of sp³-hybridized carbons (Fsp3) is 0.933. The average molecular weight is 328 g/mol. The Morgan fingerprint density at radius 2 is 1.77 bits per heavy atom. The number of fused-ring (bicyclic) bond motifs is 1. The van der Waals surface area contributed by atoms with E-state index in [9.17, 15) is 13.2 Å². The first-order valence-electron chi connectivity index (χ1n) is 8.49. The van der Waals surface area contributed by atoms with Gasteiger partial charge in [0.15, 0.2) is 0 Å². The molecule has 3 heterocycles. The summed E-state index contributed by atoms with van der Waals surface area (Å²) in [4.78, 5) is 14.4. The van der Waals surface area contributed by atoms with E-state index >= 15 is 0 Å². The van der Waals surface area contributed by atoms with Crippen molar-refractivity contribution in [3.8, 4) is 0 Å². The molecule has 4 fully saturated rings. The van der Waals surface area contributed by atoms with Crippen molar-refractivity contribution >= 4 is 15.9 Å². The third-order valence-electron chi connectivity index (χ3n) is 5.51. The monoisotopic (exact) mass is 328 g/mol. The summed E-state index contributed by atoms with van der Waals surface area (Å²) in [6.07, 6.45) is 4.89. The van der Waals surface area contributed by atoms with E-state index < -0.39 is 10.0 Å². The highest BCUT2D eigenvalue weighted by atomic mass is 32.2. The smallest absolute Gasteiger partial charge is 0.251 e. The number of hydrogen-bond donors (Lipinski definition) is 0. The Kier molecular flexibility index (Phi) is 3.70. The second-order valence-corrected chi connectivity index (χ2v) is 9.30. The second kappa shape index (κ2) is 5.46. The number of carbonyl (C=O) groups is 1. The zero-order valence-electron chi connectivity index (χ0n) is 12.8. The molecule has 7 heteroatoms. The lowest BCUT2D eigenvalue weighted by atomic mass is 9.92. The van der Waals surface area contributed by atoms with Crippen molar-refractivity contribution in [2.24, 2.45) is 5.92 Å². The van der Waals surface area contributed by atoms with Gasteiger partial charge in [0.05, 0.1) is 11.4 Å². The first-order chi connectivity index (χ1) is 10.6. The highest BCUT2D eigenvalue weighted by molar-refractivity contribution is 7.90. The molecule has 0 radical (unpaired) electrons. The molecule has 22 heavy (non-hydrogen) atoms. The lowest BCUT2D eigenvalue weighted by Gasteiger charge is -2.33. The molecular weight excluding hydrogens is 304 g/mol. The molecule has 0 bridgehead atoms. The van der Waals surface area contributed by atoms with Crippen molar-refractivity contribution in [1.29, 1.82) is 0 Å². The van der Waals surface area contributed by atoms with Gasteiger partial charge in [0.2, 0.25) is 10.0 Å². The van der Waals surface area contributed by atoms with E-state index in [0.29, 0.717) is 19.0 Å². The van der Waals surface area contributed by atoms with Crippen LogP contribution in [0.15, 0.2) is 0 Å². The zero-order chi connectivity index (χ0) is 15.3. The first kappa shape index (κ1) is 14.9. The van der Waals surface area contributed by atoms with E-state index in [1.807, 2.05) is 4.90 Å². The van der Waals surface area contributed by atoms with E-state index in [2.05, 4.69) is 0 Å². The number of likely N-dealkylation sites (tertiary alicyclic amines) is 1. The van der Waals surface area contributed by atoms with Crippen molar-refractivity contribution in [3.63, 3.8) is 0 Å². The molecule has 124 valence electrons. The summed E-state index contributed by atoms with van der Waals surface area (Å²) in [5.74, 6) is 0.450. The first-order valence-corrected chi connectivity index (χ1v) is 9.99. The number of piperidine rings is 1. The second-order valence-electron chi connectivity index (χ2n) is 7.08. The molecule has 0 unspecified atom stereocenters. The van der Waals surface area contributed by atoms with Crippen LogP contribution in [-0.2, 0) is 19.6 Å². The van der Waals surface area contributed by atoms with Gasteiger partial charge in [-0.05, 0) is 44.4 Å². The van der Waals surface area contributed by atoms with Crippen molar-refractivity contribution in [3.05, 3.63) is 0 Å². The van der Waals surface area contributed by atoms with Gasteiger partial charge in [-0.25, -0.2) is 8.42 Å². The summed E-state index contributed by atoms with van der Waals surface area (Å²) in [6, 6.07) is 0. The third kappa shape index (κ3) is 2.57. The largest absolute Gasteiger partial charge is 0.363 e. The number of carbonyl (C=O) groups excluding carboxylic acids is 1. The van der Waals surface area contributed by atoms with E-state index in [1.54, 1.807) is 4.31 Å². The minimum atomic E-state index is -3.12. The summed E-state index contributed by atoms with van der Waals surface area (Å²) in [7, 11) is -3.12. The minimum Gasteiger partial charge on any atom is -0.363 e. The Morgan fingerprint density at radius 3 is 2.45 bits per heavy atom. The topological polar surface area (TPSA) is 66.9 Å². The number of sulfonamides is 1. The summed E-state index contributed by atoms with van der Waals surface area (Å²) in [6.45, 7) is 2.72. The van der Waals surface area contributed by atoms with Crippen LogP contribution in [0.25, 0.3) is 0 Å². The van der Waals surface area contributed by atoms with Gasteiger partial charge in [-0.2, -0.15) is 4.31 Å². The quantitative estimate of drug-likeness (QED) is 0.760. The van der Waals surface area contributed by atoms with Gasteiger partial charge in [-0.1, -0.05) is 0 Å². The van der Waals surface area contributed by atoms with Crippen LogP contribution >= 0.6 is 0 Å². The maximum absolute atomic E-state index is 12.5. The minimum absolute atomic E-state index is 0.0983. The normalized spacial score (nSPS) is 36.5. The van der Waals surface area contributed by atoms with Crippen molar-refractivity contribution in [2.45, 2.75) is 56.0 Å². The molecule has 3 aliphatic heterocycles. The zero-order valence-corrected chi connectivity index (χ0v) is 13.6. The third-order valence-corrected chi connectivity index (χ3v) is 7.88. The van der Waals surface area contributed by atoms with Gasteiger partial charge in [-0.15, -0.1) is 0 Å².